The van der Waals surface area contributed by atoms with E-state index >= 15 is 0 Å². The Labute approximate surface area is 113 Å². The molecule has 0 spiro atoms. The summed E-state index contributed by atoms with van der Waals surface area (Å²) in [7, 11) is 0. The first-order valence-electron chi connectivity index (χ1n) is 6.06. The van der Waals surface area contributed by atoms with Crippen molar-refractivity contribution < 1.29 is 23.0 Å². The molecule has 20 heavy (non-hydrogen) atoms. The van der Waals surface area contributed by atoms with Gasteiger partial charge in [-0.2, -0.15) is 0 Å². The number of carbonyl (C=O) groups excluding carboxylic acids is 1. The van der Waals surface area contributed by atoms with Crippen molar-refractivity contribution >= 4 is 5.78 Å². The lowest BCUT2D eigenvalue weighted by molar-refractivity contribution is 0.102. The lowest BCUT2D eigenvalue weighted by atomic mass is 10.0. The standard InChI is InChI=1S/C15H10F2O3/c16-10-4-2-5-11(17)13(10)14(18)9-3-1-6-12-15(9)20-8-7-19-12/h1-6H,7-8H2. The molecule has 1 aliphatic rings. The fourth-order valence-electron chi connectivity index (χ4n) is 2.10. The van der Waals surface area contributed by atoms with Crippen LogP contribution in [0.3, 0.4) is 0 Å². The zero-order valence-electron chi connectivity index (χ0n) is 10.4. The topological polar surface area (TPSA) is 35.5 Å². The second-order valence-electron chi connectivity index (χ2n) is 4.26. The average Bonchev–Trinajstić information content (AvgIpc) is 2.46. The van der Waals surface area contributed by atoms with Crippen molar-refractivity contribution in [2.45, 2.75) is 0 Å². The summed E-state index contributed by atoms with van der Waals surface area (Å²) in [4.78, 5) is 12.3. The molecule has 0 fully saturated rings. The SMILES string of the molecule is O=C(c1cccc2c1OCCO2)c1c(F)cccc1F. The third-order valence-corrected chi connectivity index (χ3v) is 3.00. The molecular weight excluding hydrogens is 266 g/mol. The quantitative estimate of drug-likeness (QED) is 0.791. The van der Waals surface area contributed by atoms with Crippen LogP contribution in [0.2, 0.25) is 0 Å². The largest absolute Gasteiger partial charge is 0.486 e. The molecule has 0 saturated heterocycles. The van der Waals surface area contributed by atoms with Gasteiger partial charge >= 0.3 is 0 Å². The van der Waals surface area contributed by atoms with Crippen LogP contribution in [0.1, 0.15) is 15.9 Å². The number of carbonyl (C=O) groups is 1. The molecule has 0 aromatic heterocycles. The van der Waals surface area contributed by atoms with Gasteiger partial charge in [0.2, 0.25) is 5.78 Å². The summed E-state index contributed by atoms with van der Waals surface area (Å²) >= 11 is 0. The molecule has 5 heteroatoms. The van der Waals surface area contributed by atoms with Gasteiger partial charge in [-0.25, -0.2) is 8.78 Å². The van der Waals surface area contributed by atoms with Gasteiger partial charge in [-0.1, -0.05) is 12.1 Å². The Kier molecular flexibility index (Phi) is 3.10. The van der Waals surface area contributed by atoms with Crippen LogP contribution in [-0.2, 0) is 0 Å². The summed E-state index contributed by atoms with van der Waals surface area (Å²) in [6, 6.07) is 7.98. The number of fused-ring (bicyclic) bond motifs is 1. The smallest absolute Gasteiger partial charge is 0.202 e. The molecule has 3 rings (SSSR count). The van der Waals surface area contributed by atoms with Gasteiger partial charge in [-0.3, -0.25) is 4.79 Å². The van der Waals surface area contributed by atoms with Gasteiger partial charge < -0.3 is 9.47 Å². The normalized spacial score (nSPS) is 13.1. The third kappa shape index (κ3) is 2.01. The molecule has 0 atom stereocenters. The Hall–Kier alpha value is -2.43. The number of halogens is 2. The van der Waals surface area contributed by atoms with E-state index in [9.17, 15) is 13.6 Å². The highest BCUT2D eigenvalue weighted by Crippen LogP contribution is 2.35. The first-order valence-corrected chi connectivity index (χ1v) is 6.06. The van der Waals surface area contributed by atoms with Crippen molar-refractivity contribution in [3.63, 3.8) is 0 Å². The van der Waals surface area contributed by atoms with Gasteiger partial charge in [0.05, 0.1) is 11.1 Å². The van der Waals surface area contributed by atoms with Crippen LogP contribution in [0.4, 0.5) is 8.78 Å². The van der Waals surface area contributed by atoms with Crippen molar-refractivity contribution in [2.24, 2.45) is 0 Å². The highest BCUT2D eigenvalue weighted by molar-refractivity contribution is 6.11. The maximum atomic E-state index is 13.7. The first kappa shape index (κ1) is 12.6. The van der Waals surface area contributed by atoms with E-state index in [4.69, 9.17) is 9.47 Å². The van der Waals surface area contributed by atoms with Crippen LogP contribution in [0.5, 0.6) is 11.5 Å². The van der Waals surface area contributed by atoms with Gasteiger partial charge in [0.25, 0.3) is 0 Å². The molecular formula is C15H10F2O3. The van der Waals surface area contributed by atoms with Gasteiger partial charge in [0.15, 0.2) is 11.5 Å². The Morgan fingerprint density at radius 1 is 0.950 bits per heavy atom. The molecule has 0 amide bonds. The highest BCUT2D eigenvalue weighted by atomic mass is 19.1. The van der Waals surface area contributed by atoms with E-state index in [1.165, 1.54) is 12.1 Å². The van der Waals surface area contributed by atoms with Crippen LogP contribution < -0.4 is 9.47 Å². The number of hydrogen-bond acceptors (Lipinski definition) is 3. The minimum Gasteiger partial charge on any atom is -0.486 e. The molecule has 102 valence electrons. The van der Waals surface area contributed by atoms with E-state index in [1.807, 2.05) is 0 Å². The summed E-state index contributed by atoms with van der Waals surface area (Å²) in [6.45, 7) is 0.662. The summed E-state index contributed by atoms with van der Waals surface area (Å²) in [5.74, 6) is -1.93. The average molecular weight is 276 g/mol. The van der Waals surface area contributed by atoms with E-state index in [1.54, 1.807) is 12.1 Å². The third-order valence-electron chi connectivity index (χ3n) is 3.00. The molecule has 1 heterocycles. The molecule has 1 aliphatic heterocycles. The van der Waals surface area contributed by atoms with Crippen LogP contribution >= 0.6 is 0 Å². The number of rotatable bonds is 2. The number of benzene rings is 2. The van der Waals surface area contributed by atoms with E-state index < -0.39 is 23.0 Å². The predicted molar refractivity (Wildman–Crippen MR) is 67.2 cm³/mol. The zero-order valence-corrected chi connectivity index (χ0v) is 10.4. The van der Waals surface area contributed by atoms with Gasteiger partial charge in [0.1, 0.15) is 24.8 Å². The van der Waals surface area contributed by atoms with Crippen LogP contribution in [0, 0.1) is 11.6 Å². The van der Waals surface area contributed by atoms with Crippen molar-refractivity contribution in [1.29, 1.82) is 0 Å². The maximum absolute atomic E-state index is 13.7. The van der Waals surface area contributed by atoms with Gasteiger partial charge in [-0.05, 0) is 24.3 Å². The number of ether oxygens (including phenoxy) is 2. The molecule has 0 aliphatic carbocycles. The molecule has 2 aromatic carbocycles. The van der Waals surface area contributed by atoms with Crippen molar-refractivity contribution in [1.82, 2.24) is 0 Å². The summed E-state index contributed by atoms with van der Waals surface area (Å²) in [5, 5.41) is 0. The second kappa shape index (κ2) is 4.92. The monoisotopic (exact) mass is 276 g/mol. The first-order chi connectivity index (χ1) is 9.68. The minimum absolute atomic E-state index is 0.0891. The molecule has 2 aromatic rings. The summed E-state index contributed by atoms with van der Waals surface area (Å²) < 4.78 is 38.1. The molecule has 0 N–H and O–H groups in total. The van der Waals surface area contributed by atoms with Gasteiger partial charge in [0, 0.05) is 0 Å². The van der Waals surface area contributed by atoms with Gasteiger partial charge in [-0.15, -0.1) is 0 Å². The minimum atomic E-state index is -0.899. The highest BCUT2D eigenvalue weighted by Gasteiger charge is 2.25. The Bertz CT molecular complexity index is 663. The Morgan fingerprint density at radius 3 is 2.35 bits per heavy atom. The second-order valence-corrected chi connectivity index (χ2v) is 4.26. The van der Waals surface area contributed by atoms with E-state index in [0.717, 1.165) is 12.1 Å². The maximum Gasteiger partial charge on any atom is 0.202 e. The summed E-state index contributed by atoms with van der Waals surface area (Å²) in [6.07, 6.45) is 0. The number of para-hydroxylation sites is 1. The predicted octanol–water partition coefficient (Wildman–Crippen LogP) is 2.97. The fraction of sp³-hybridized carbons (Fsp3) is 0.133. The molecule has 0 saturated carbocycles. The van der Waals surface area contributed by atoms with Crippen LogP contribution in [-0.4, -0.2) is 19.0 Å². The molecule has 3 nitrogen and oxygen atoms in total. The Morgan fingerprint density at radius 2 is 1.60 bits per heavy atom. The van der Waals surface area contributed by atoms with E-state index in [-0.39, 0.29) is 17.9 Å². The lowest BCUT2D eigenvalue weighted by Gasteiger charge is -2.20. The Balaban J connectivity index is 2.12. The van der Waals surface area contributed by atoms with Crippen molar-refractivity contribution in [2.75, 3.05) is 13.2 Å². The summed E-state index contributed by atoms with van der Waals surface area (Å²) in [5.41, 5.74) is -0.499. The molecule has 0 radical (unpaired) electrons. The number of ketones is 1. The lowest BCUT2D eigenvalue weighted by Crippen LogP contribution is -2.18. The molecule has 0 bridgehead atoms. The van der Waals surface area contributed by atoms with Crippen molar-refractivity contribution in [3.8, 4) is 11.5 Å². The van der Waals surface area contributed by atoms with E-state index in [2.05, 4.69) is 0 Å². The van der Waals surface area contributed by atoms with Crippen LogP contribution in [0.15, 0.2) is 36.4 Å². The van der Waals surface area contributed by atoms with E-state index in [0.29, 0.717) is 12.4 Å². The van der Waals surface area contributed by atoms with Crippen molar-refractivity contribution in [3.05, 3.63) is 59.2 Å². The molecule has 0 unspecified atom stereocenters. The van der Waals surface area contributed by atoms with Crippen LogP contribution in [0.25, 0.3) is 0 Å². The zero-order chi connectivity index (χ0) is 14.1. The number of hydrogen-bond donors (Lipinski definition) is 0. The fourth-order valence-corrected chi connectivity index (χ4v) is 2.10.